The number of carbonyl (C=O) groups is 2. The lowest BCUT2D eigenvalue weighted by atomic mass is 9.87. The number of likely N-dealkylation sites (tertiary alicyclic amines) is 1. The molecular formula is C24H37BrN6O3. The smallest absolute Gasteiger partial charge is 0.255 e. The quantitative estimate of drug-likeness (QED) is 0.392. The third-order valence-corrected chi connectivity index (χ3v) is 7.98. The molecule has 0 spiro atoms. The number of rotatable bonds is 7. The molecule has 3 fully saturated rings. The molecule has 3 saturated heterocycles. The van der Waals surface area contributed by atoms with Crippen molar-refractivity contribution in [2.75, 3.05) is 52.1 Å². The number of anilines is 1. The van der Waals surface area contributed by atoms with Gasteiger partial charge in [-0.15, -0.1) is 0 Å². The van der Waals surface area contributed by atoms with Crippen molar-refractivity contribution in [3.8, 4) is 5.75 Å². The maximum Gasteiger partial charge on any atom is 0.255 e. The number of nitrogen functional groups attached to an aromatic ring is 1. The zero-order valence-electron chi connectivity index (χ0n) is 19.9. The van der Waals surface area contributed by atoms with Crippen molar-refractivity contribution in [2.45, 2.75) is 50.6 Å². The van der Waals surface area contributed by atoms with Gasteiger partial charge in [-0.05, 0) is 79.5 Å². The van der Waals surface area contributed by atoms with Crippen LogP contribution in [0.15, 0.2) is 16.6 Å². The molecular weight excluding hydrogens is 500 g/mol. The van der Waals surface area contributed by atoms with Gasteiger partial charge in [0.05, 0.1) is 18.7 Å². The fraction of sp³-hybridized carbons (Fsp3) is 0.667. The summed E-state index contributed by atoms with van der Waals surface area (Å²) < 4.78 is 6.03. The Hall–Kier alpha value is -1.88. The van der Waals surface area contributed by atoms with E-state index in [0.29, 0.717) is 27.4 Å². The van der Waals surface area contributed by atoms with Gasteiger partial charge in [-0.1, -0.05) is 0 Å². The summed E-state index contributed by atoms with van der Waals surface area (Å²) in [5.41, 5.74) is 10.1. The molecule has 0 bridgehead atoms. The van der Waals surface area contributed by atoms with Crippen molar-refractivity contribution < 1.29 is 14.3 Å². The molecule has 0 saturated carbocycles. The molecule has 3 aliphatic heterocycles. The summed E-state index contributed by atoms with van der Waals surface area (Å²) in [6.45, 7) is 5.37. The Morgan fingerprint density at radius 2 is 1.79 bits per heavy atom. The Morgan fingerprint density at radius 3 is 2.44 bits per heavy atom. The van der Waals surface area contributed by atoms with E-state index in [9.17, 15) is 9.59 Å². The molecule has 0 radical (unpaired) electrons. The minimum absolute atomic E-state index is 0.0556. The van der Waals surface area contributed by atoms with Crippen molar-refractivity contribution in [1.29, 1.82) is 0 Å². The van der Waals surface area contributed by atoms with Crippen LogP contribution in [0.2, 0.25) is 0 Å². The lowest BCUT2D eigenvalue weighted by Crippen LogP contribution is -2.58. The monoisotopic (exact) mass is 536 g/mol. The molecule has 1 unspecified atom stereocenters. The fourth-order valence-corrected chi connectivity index (χ4v) is 5.73. The van der Waals surface area contributed by atoms with E-state index in [-0.39, 0.29) is 23.9 Å². The topological polar surface area (TPSA) is 112 Å². The predicted molar refractivity (Wildman–Crippen MR) is 135 cm³/mol. The van der Waals surface area contributed by atoms with Gasteiger partial charge in [0.25, 0.3) is 11.8 Å². The number of hydrogen-bond acceptors (Lipinski definition) is 7. The van der Waals surface area contributed by atoms with Crippen molar-refractivity contribution in [3.05, 3.63) is 22.2 Å². The summed E-state index contributed by atoms with van der Waals surface area (Å²) in [7, 11) is 1.53. The van der Waals surface area contributed by atoms with Crippen LogP contribution in [0.5, 0.6) is 5.75 Å². The number of benzene rings is 1. The average Bonchev–Trinajstić information content (AvgIpc) is 3.35. The van der Waals surface area contributed by atoms with E-state index in [0.717, 1.165) is 77.8 Å². The molecule has 34 heavy (non-hydrogen) atoms. The predicted octanol–water partition coefficient (Wildman–Crippen LogP) is 1.73. The first kappa shape index (κ1) is 25.2. The highest BCUT2D eigenvalue weighted by molar-refractivity contribution is 9.10. The minimum Gasteiger partial charge on any atom is -0.496 e. The third kappa shape index (κ3) is 6.02. The molecule has 1 atom stereocenters. The molecule has 0 aliphatic carbocycles. The molecule has 1 aromatic carbocycles. The van der Waals surface area contributed by atoms with Crippen LogP contribution in [-0.2, 0) is 4.79 Å². The molecule has 188 valence electrons. The summed E-state index contributed by atoms with van der Waals surface area (Å²) in [5, 5.41) is 8.64. The van der Waals surface area contributed by atoms with Crippen molar-refractivity contribution in [2.24, 2.45) is 5.92 Å². The fourth-order valence-electron chi connectivity index (χ4n) is 5.39. The highest BCUT2D eigenvalue weighted by Crippen LogP contribution is 2.30. The number of nitrogens with two attached hydrogens (primary N) is 1. The van der Waals surface area contributed by atoms with Gasteiger partial charge in [0, 0.05) is 48.4 Å². The number of hydrogen-bond donors (Lipinski definition) is 4. The number of methoxy groups -OCH3 is 1. The van der Waals surface area contributed by atoms with Gasteiger partial charge >= 0.3 is 0 Å². The lowest BCUT2D eigenvalue weighted by Gasteiger charge is -2.42. The Bertz CT molecular complexity index is 865. The van der Waals surface area contributed by atoms with E-state index in [1.165, 1.54) is 7.11 Å². The minimum atomic E-state index is -0.169. The van der Waals surface area contributed by atoms with Crippen LogP contribution >= 0.6 is 15.9 Å². The van der Waals surface area contributed by atoms with E-state index in [1.54, 1.807) is 12.1 Å². The van der Waals surface area contributed by atoms with E-state index >= 15 is 0 Å². The van der Waals surface area contributed by atoms with Gasteiger partial charge in [-0.3, -0.25) is 19.9 Å². The first-order valence-corrected chi connectivity index (χ1v) is 13.2. The van der Waals surface area contributed by atoms with Crippen LogP contribution in [0, 0.1) is 5.92 Å². The van der Waals surface area contributed by atoms with Crippen LogP contribution in [0.25, 0.3) is 0 Å². The molecule has 4 rings (SSSR count). The molecule has 9 nitrogen and oxygen atoms in total. The second-order valence-electron chi connectivity index (χ2n) is 9.56. The maximum absolute atomic E-state index is 13.4. The number of piperidine rings is 2. The highest BCUT2D eigenvalue weighted by Gasteiger charge is 2.37. The molecule has 2 amide bonds. The van der Waals surface area contributed by atoms with Crippen molar-refractivity contribution >= 4 is 33.4 Å². The average molecular weight is 538 g/mol. The number of hydrazine groups is 1. The molecule has 3 heterocycles. The van der Waals surface area contributed by atoms with Gasteiger partial charge in [0.1, 0.15) is 5.75 Å². The third-order valence-electron chi connectivity index (χ3n) is 7.29. The summed E-state index contributed by atoms with van der Waals surface area (Å²) in [6, 6.07) is 3.30. The lowest BCUT2D eigenvalue weighted by molar-refractivity contribution is -0.134. The van der Waals surface area contributed by atoms with Gasteiger partial charge in [0.2, 0.25) is 0 Å². The Labute approximate surface area is 210 Å². The first-order valence-electron chi connectivity index (χ1n) is 12.4. The number of amides is 2. The normalized spacial score (nSPS) is 21.8. The summed E-state index contributed by atoms with van der Waals surface area (Å²) >= 11 is 3.40. The Balaban J connectivity index is 1.37. The zero-order valence-corrected chi connectivity index (χ0v) is 21.5. The Morgan fingerprint density at radius 1 is 1.12 bits per heavy atom. The second kappa shape index (κ2) is 11.7. The van der Waals surface area contributed by atoms with Gasteiger partial charge in [-0.25, -0.2) is 5.01 Å². The number of nitrogens with zero attached hydrogens (tertiary/aromatic N) is 2. The SMILES string of the molecule is COc1cc(N)c(Br)cc1C(=O)NC1CCN(C(C(=O)NN2CCCC2)C2CCNCC2)CC1. The van der Waals surface area contributed by atoms with Crippen molar-refractivity contribution in [3.63, 3.8) is 0 Å². The standard InChI is InChI=1S/C24H37BrN6O3/c1-34-21-15-20(26)19(25)14-18(21)23(32)28-17-6-12-30(13-7-17)22(16-4-8-27-9-5-16)24(33)29-31-10-2-3-11-31/h14-17,22,27H,2-13,26H2,1H3,(H,28,32)(H,29,33). The summed E-state index contributed by atoms with van der Waals surface area (Å²) in [5.74, 6) is 0.775. The highest BCUT2D eigenvalue weighted by atomic mass is 79.9. The number of ether oxygens (including phenoxy) is 1. The van der Waals surface area contributed by atoms with Crippen molar-refractivity contribution in [1.82, 2.24) is 26.0 Å². The Kier molecular flexibility index (Phi) is 8.68. The maximum atomic E-state index is 13.4. The van der Waals surface area contributed by atoms with Gasteiger partial charge in [-0.2, -0.15) is 0 Å². The van der Waals surface area contributed by atoms with Crippen LogP contribution in [0.3, 0.4) is 0 Å². The van der Waals surface area contributed by atoms with E-state index < -0.39 is 0 Å². The molecule has 1 aromatic rings. The van der Waals surface area contributed by atoms with E-state index in [1.807, 2.05) is 0 Å². The zero-order chi connectivity index (χ0) is 24.1. The number of nitrogens with one attached hydrogen (secondary N) is 3. The van der Waals surface area contributed by atoms with Gasteiger partial charge in [0.15, 0.2) is 0 Å². The number of halogens is 1. The van der Waals surface area contributed by atoms with Crippen LogP contribution < -0.4 is 26.5 Å². The molecule has 10 heteroatoms. The first-order chi connectivity index (χ1) is 16.5. The molecule has 3 aliphatic rings. The van der Waals surface area contributed by atoms with Crippen LogP contribution in [0.4, 0.5) is 5.69 Å². The van der Waals surface area contributed by atoms with Crippen LogP contribution in [-0.4, -0.2) is 80.2 Å². The largest absolute Gasteiger partial charge is 0.496 e. The van der Waals surface area contributed by atoms with Crippen LogP contribution in [0.1, 0.15) is 48.9 Å². The summed E-state index contributed by atoms with van der Waals surface area (Å²) in [6.07, 6.45) is 5.92. The number of carbonyl (C=O) groups excluding carboxylic acids is 2. The van der Waals surface area contributed by atoms with E-state index in [2.05, 4.69) is 41.9 Å². The molecule has 0 aromatic heterocycles. The molecule has 5 N–H and O–H groups in total. The summed E-state index contributed by atoms with van der Waals surface area (Å²) in [4.78, 5) is 28.7. The van der Waals surface area contributed by atoms with E-state index in [4.69, 9.17) is 10.5 Å². The second-order valence-corrected chi connectivity index (χ2v) is 10.4. The van der Waals surface area contributed by atoms with Gasteiger partial charge < -0.3 is 21.1 Å².